The lowest BCUT2D eigenvalue weighted by atomic mass is 10.1. The van der Waals surface area contributed by atoms with Gasteiger partial charge in [-0.3, -0.25) is 19.8 Å². The molecule has 0 bridgehead atoms. The number of carbonyl (C=O) groups is 2. The second kappa shape index (κ2) is 14.3. The molecule has 0 radical (unpaired) electrons. The third-order valence-corrected chi connectivity index (χ3v) is 6.26. The van der Waals surface area contributed by atoms with Gasteiger partial charge in [0.25, 0.3) is 11.8 Å². The summed E-state index contributed by atoms with van der Waals surface area (Å²) in [7, 11) is 4.67. The normalized spacial score (nSPS) is 13.2. The minimum absolute atomic E-state index is 0.00329. The van der Waals surface area contributed by atoms with Crippen LogP contribution in [0.4, 0.5) is 17.2 Å². The first kappa shape index (κ1) is 31.7. The van der Waals surface area contributed by atoms with Crippen LogP contribution in [0.25, 0.3) is 11.5 Å². The largest absolute Gasteiger partial charge is 0.494 e. The van der Waals surface area contributed by atoms with Gasteiger partial charge >= 0.3 is 6.10 Å². The van der Waals surface area contributed by atoms with Crippen LogP contribution in [-0.4, -0.2) is 106 Å². The Morgan fingerprint density at radius 1 is 1.07 bits per heavy atom. The second-order valence-electron chi connectivity index (χ2n) is 9.63. The third-order valence-electron chi connectivity index (χ3n) is 6.26. The van der Waals surface area contributed by atoms with Gasteiger partial charge in [0.1, 0.15) is 0 Å². The number of rotatable bonds is 16. The van der Waals surface area contributed by atoms with Gasteiger partial charge in [0.05, 0.1) is 43.8 Å². The van der Waals surface area contributed by atoms with Crippen molar-refractivity contribution in [1.82, 2.24) is 30.6 Å². The molecular weight excluding hydrogens is 568 g/mol. The first-order valence-corrected chi connectivity index (χ1v) is 13.3. The number of benzene rings is 1. The van der Waals surface area contributed by atoms with Crippen molar-refractivity contribution in [3.05, 3.63) is 35.8 Å². The van der Waals surface area contributed by atoms with E-state index in [4.69, 9.17) is 18.7 Å². The second-order valence-corrected chi connectivity index (χ2v) is 9.63. The maximum absolute atomic E-state index is 12.7. The number of para-hydroxylation sites is 1. The van der Waals surface area contributed by atoms with Crippen molar-refractivity contribution in [3.8, 4) is 17.2 Å². The van der Waals surface area contributed by atoms with E-state index in [0.29, 0.717) is 49.9 Å². The first-order chi connectivity index (χ1) is 20.6. The van der Waals surface area contributed by atoms with Crippen LogP contribution in [-0.2, 0) is 20.8 Å². The van der Waals surface area contributed by atoms with Gasteiger partial charge in [-0.05, 0) is 25.0 Å². The topological polar surface area (TPSA) is 227 Å². The maximum Gasteiger partial charge on any atom is 0.369 e. The van der Waals surface area contributed by atoms with Crippen LogP contribution in [0.2, 0.25) is 0 Å². The summed E-state index contributed by atoms with van der Waals surface area (Å²) in [6.07, 6.45) is -1.99. The summed E-state index contributed by atoms with van der Waals surface area (Å²) in [6.45, 7) is 2.68. The Bertz CT molecular complexity index is 1400. The van der Waals surface area contributed by atoms with E-state index in [0.717, 1.165) is 12.8 Å². The zero-order chi connectivity index (χ0) is 31.0. The van der Waals surface area contributed by atoms with Gasteiger partial charge in [-0.15, -0.1) is 10.2 Å². The number of anilines is 3. The van der Waals surface area contributed by atoms with Crippen molar-refractivity contribution in [2.75, 3.05) is 58.3 Å². The molecule has 17 nitrogen and oxygen atoms in total. The highest BCUT2D eigenvalue weighted by atomic mass is 16.7. The Kier molecular flexibility index (Phi) is 10.5. The Morgan fingerprint density at radius 3 is 2.42 bits per heavy atom. The molecule has 2 amide bonds. The van der Waals surface area contributed by atoms with Gasteiger partial charge in [0.2, 0.25) is 5.91 Å². The van der Waals surface area contributed by atoms with Crippen LogP contribution in [0.5, 0.6) is 5.75 Å². The molecule has 6 N–H and O–H groups in total. The Morgan fingerprint density at radius 2 is 1.79 bits per heavy atom. The quantitative estimate of drug-likeness (QED) is 0.119. The monoisotopic (exact) mass is 602 g/mol. The number of amides is 2. The fourth-order valence-corrected chi connectivity index (χ4v) is 4.01. The van der Waals surface area contributed by atoms with E-state index in [1.165, 1.54) is 13.2 Å². The zero-order valence-electron chi connectivity index (χ0n) is 23.9. The van der Waals surface area contributed by atoms with E-state index < -0.39 is 17.7 Å². The molecule has 1 aromatic carbocycles. The molecule has 1 saturated carbocycles. The van der Waals surface area contributed by atoms with E-state index in [2.05, 4.69) is 35.9 Å². The molecule has 1 aliphatic rings. The predicted octanol–water partition coefficient (Wildman–Crippen LogP) is 0.0401. The van der Waals surface area contributed by atoms with Gasteiger partial charge in [0, 0.05) is 39.3 Å². The van der Waals surface area contributed by atoms with Crippen molar-refractivity contribution in [3.63, 3.8) is 0 Å². The van der Waals surface area contributed by atoms with Crippen LogP contribution in [0.15, 0.2) is 28.8 Å². The van der Waals surface area contributed by atoms with Gasteiger partial charge < -0.3 is 44.7 Å². The minimum Gasteiger partial charge on any atom is -0.494 e. The van der Waals surface area contributed by atoms with Crippen molar-refractivity contribution in [1.29, 1.82) is 0 Å². The molecule has 2 heterocycles. The van der Waals surface area contributed by atoms with Gasteiger partial charge in [-0.25, -0.2) is 0 Å². The number of aromatic nitrogens is 4. The SMILES string of the molecule is COCCN(CCOC)Cc1noc(-c2cccc(Nc3cc(NC(=O)C4CC4)nnc3C(=O)NC(O)(O)O)c2OC)n1. The van der Waals surface area contributed by atoms with E-state index in [1.54, 1.807) is 37.7 Å². The summed E-state index contributed by atoms with van der Waals surface area (Å²) in [5, 5.41) is 46.7. The van der Waals surface area contributed by atoms with Crippen LogP contribution in [0, 0.1) is 5.92 Å². The highest BCUT2D eigenvalue weighted by molar-refractivity contribution is 6.00. The molecule has 0 spiro atoms. The van der Waals surface area contributed by atoms with E-state index >= 15 is 0 Å². The summed E-state index contributed by atoms with van der Waals surface area (Å²) in [4.78, 5) is 31.5. The zero-order valence-corrected chi connectivity index (χ0v) is 23.9. The predicted molar refractivity (Wildman–Crippen MR) is 149 cm³/mol. The molecule has 0 atom stereocenters. The summed E-state index contributed by atoms with van der Waals surface area (Å²) in [6, 6.07) is 6.35. The molecule has 1 aliphatic carbocycles. The molecule has 43 heavy (non-hydrogen) atoms. The number of ether oxygens (including phenoxy) is 3. The van der Waals surface area contributed by atoms with Crippen molar-refractivity contribution in [2.24, 2.45) is 5.92 Å². The fraction of sp³-hybridized carbons (Fsp3) is 0.462. The van der Waals surface area contributed by atoms with Gasteiger partial charge in [0.15, 0.2) is 23.1 Å². The third kappa shape index (κ3) is 8.87. The number of nitrogens with one attached hydrogen (secondary N) is 3. The molecule has 0 unspecified atom stereocenters. The Hall–Kier alpha value is -4.26. The summed E-state index contributed by atoms with van der Waals surface area (Å²) in [5.41, 5.74) is 0.329. The number of methoxy groups -OCH3 is 3. The molecule has 17 heteroatoms. The van der Waals surface area contributed by atoms with Gasteiger partial charge in [-0.1, -0.05) is 11.2 Å². The van der Waals surface area contributed by atoms with Gasteiger partial charge in [-0.2, -0.15) is 4.98 Å². The van der Waals surface area contributed by atoms with E-state index in [1.807, 2.05) is 0 Å². The maximum atomic E-state index is 12.7. The summed E-state index contributed by atoms with van der Waals surface area (Å²) in [5.74, 6) is -0.636. The highest BCUT2D eigenvalue weighted by Crippen LogP contribution is 2.38. The standard InChI is InChI=1S/C26H34N8O9/c1-40-11-9-34(10-12-41-2)14-20-29-25(43-33-20)16-5-4-6-17(22(16)42-3)27-18-13-19(28-23(35)15-7-8-15)31-32-21(18)24(36)30-26(37,38)39/h4-6,13,15,37-39H,7-12,14H2,1-3H3,(H,30,36)(H2,27,28,31,35). The number of hydrogen-bond acceptors (Lipinski definition) is 15. The number of nitrogens with zero attached hydrogens (tertiary/aromatic N) is 5. The molecular formula is C26H34N8O9. The minimum atomic E-state index is -3.51. The van der Waals surface area contributed by atoms with E-state index in [-0.39, 0.29) is 35.0 Å². The molecule has 0 saturated heterocycles. The van der Waals surface area contributed by atoms with Crippen LogP contribution < -0.4 is 20.7 Å². The summed E-state index contributed by atoms with van der Waals surface area (Å²) >= 11 is 0. The van der Waals surface area contributed by atoms with Crippen LogP contribution in [0.3, 0.4) is 0 Å². The van der Waals surface area contributed by atoms with Crippen molar-refractivity contribution >= 4 is 29.0 Å². The van der Waals surface area contributed by atoms with Crippen LogP contribution in [0.1, 0.15) is 29.2 Å². The molecule has 4 rings (SSSR count). The van der Waals surface area contributed by atoms with Crippen LogP contribution >= 0.6 is 0 Å². The van der Waals surface area contributed by atoms with E-state index in [9.17, 15) is 24.9 Å². The molecule has 232 valence electrons. The summed E-state index contributed by atoms with van der Waals surface area (Å²) < 4.78 is 21.6. The average molecular weight is 603 g/mol. The number of aliphatic hydroxyl groups is 3. The smallest absolute Gasteiger partial charge is 0.369 e. The Balaban J connectivity index is 1.62. The number of hydrogen-bond donors (Lipinski definition) is 6. The lowest BCUT2D eigenvalue weighted by molar-refractivity contribution is -0.323. The molecule has 2 aromatic heterocycles. The number of carbonyl (C=O) groups excluding carboxylic acids is 2. The molecule has 1 fully saturated rings. The van der Waals surface area contributed by atoms with Crippen molar-refractivity contribution in [2.45, 2.75) is 25.5 Å². The van der Waals surface area contributed by atoms with Crippen molar-refractivity contribution < 1.29 is 43.6 Å². The lowest BCUT2D eigenvalue weighted by Gasteiger charge is -2.19. The molecule has 0 aliphatic heterocycles. The fourth-order valence-electron chi connectivity index (χ4n) is 4.01. The highest BCUT2D eigenvalue weighted by Gasteiger charge is 2.31. The average Bonchev–Trinajstić information content (AvgIpc) is 3.72. The first-order valence-electron chi connectivity index (χ1n) is 13.3. The molecule has 3 aromatic rings. The Labute approximate surface area is 246 Å². The lowest BCUT2D eigenvalue weighted by Crippen LogP contribution is -2.48.